The average molecular weight is 702 g/mol. The summed E-state index contributed by atoms with van der Waals surface area (Å²) in [6, 6.07) is 57.7. The molecule has 0 atom stereocenters. The van der Waals surface area contributed by atoms with Crippen molar-refractivity contribution in [2.24, 2.45) is 0 Å². The van der Waals surface area contributed by atoms with Crippen LogP contribution in [0.4, 0.5) is 0 Å². The zero-order chi connectivity index (χ0) is 36.6. The van der Waals surface area contributed by atoms with Crippen LogP contribution < -0.4 is 0 Å². The molecule has 0 saturated carbocycles. The molecule has 0 bridgehead atoms. The van der Waals surface area contributed by atoms with E-state index in [1.807, 2.05) is 24.5 Å². The molecule has 3 heterocycles. The Hall–Kier alpha value is -7.10. The fourth-order valence-corrected chi connectivity index (χ4v) is 9.00. The van der Waals surface area contributed by atoms with Crippen LogP contribution in [-0.2, 0) is 0 Å². The molecule has 0 fully saturated rings. The molecule has 258 valence electrons. The van der Waals surface area contributed by atoms with Crippen LogP contribution in [0.15, 0.2) is 176 Å². The minimum absolute atomic E-state index is 0.923. The summed E-state index contributed by atoms with van der Waals surface area (Å²) in [5.41, 5.74) is 15.4. The Balaban J connectivity index is 1.03. The van der Waals surface area contributed by atoms with Gasteiger partial charge < -0.3 is 4.57 Å². The number of aryl methyl sites for hydroxylation is 2. The summed E-state index contributed by atoms with van der Waals surface area (Å²) in [7, 11) is 0. The third-order valence-electron chi connectivity index (χ3n) is 11.5. The largest absolute Gasteiger partial charge is 0.309 e. The van der Waals surface area contributed by atoms with E-state index in [1.165, 1.54) is 98.8 Å². The average Bonchev–Trinajstić information content (AvgIpc) is 3.57. The Morgan fingerprint density at radius 1 is 0.436 bits per heavy atom. The maximum atomic E-state index is 4.84. The molecule has 3 aromatic heterocycles. The number of hydrogen-bond acceptors (Lipinski definition) is 2. The minimum atomic E-state index is 0.923. The molecule has 0 amide bonds. The minimum Gasteiger partial charge on any atom is -0.309 e. The van der Waals surface area contributed by atoms with Gasteiger partial charge in [-0.2, -0.15) is 0 Å². The Morgan fingerprint density at radius 2 is 1.16 bits per heavy atom. The van der Waals surface area contributed by atoms with Crippen molar-refractivity contribution >= 4 is 54.1 Å². The van der Waals surface area contributed by atoms with Crippen LogP contribution in [0, 0.1) is 13.8 Å². The summed E-state index contributed by atoms with van der Waals surface area (Å²) < 4.78 is 2.37. The van der Waals surface area contributed by atoms with E-state index in [1.54, 1.807) is 6.20 Å². The van der Waals surface area contributed by atoms with Gasteiger partial charge >= 0.3 is 0 Å². The first-order valence-electron chi connectivity index (χ1n) is 18.9. The standard InChI is InChI=1S/C52H35N3/c1-32-27-35(36-19-25-49-46(29-36)43-12-6-7-13-48(43)55(49)40-10-4-3-5-11-40)16-20-41(32)50-33(2)28-37-17-22-44-42(21-14-34-15-23-45(50)52(37)51(34)44)38-18-24-47(54-31-38)39-9-8-26-53-30-39/h3-31H,1-2H3. The van der Waals surface area contributed by atoms with Crippen molar-refractivity contribution in [1.29, 1.82) is 0 Å². The summed E-state index contributed by atoms with van der Waals surface area (Å²) in [5, 5.41) is 10.2. The van der Waals surface area contributed by atoms with Gasteiger partial charge in [0.1, 0.15) is 0 Å². The van der Waals surface area contributed by atoms with Crippen molar-refractivity contribution in [3.8, 4) is 50.3 Å². The van der Waals surface area contributed by atoms with E-state index in [9.17, 15) is 0 Å². The number of nitrogens with zero attached hydrogens (tertiary/aromatic N) is 3. The number of benzene rings is 8. The van der Waals surface area contributed by atoms with Crippen LogP contribution in [0.2, 0.25) is 0 Å². The Morgan fingerprint density at radius 3 is 2.00 bits per heavy atom. The quantitative estimate of drug-likeness (QED) is 0.167. The molecule has 11 aromatic rings. The monoisotopic (exact) mass is 701 g/mol. The highest BCUT2D eigenvalue weighted by molar-refractivity contribution is 6.28. The zero-order valence-electron chi connectivity index (χ0n) is 30.6. The normalized spacial score (nSPS) is 11.8. The number of para-hydroxylation sites is 2. The van der Waals surface area contributed by atoms with E-state index in [-0.39, 0.29) is 0 Å². The molecule has 0 N–H and O–H groups in total. The summed E-state index contributed by atoms with van der Waals surface area (Å²) in [6.45, 7) is 4.52. The molecular formula is C52H35N3. The van der Waals surface area contributed by atoms with E-state index in [2.05, 4.69) is 169 Å². The van der Waals surface area contributed by atoms with Crippen molar-refractivity contribution in [1.82, 2.24) is 14.5 Å². The molecule has 0 aliphatic heterocycles. The van der Waals surface area contributed by atoms with Crippen LogP contribution in [0.5, 0.6) is 0 Å². The predicted octanol–water partition coefficient (Wildman–Crippen LogP) is 13.8. The van der Waals surface area contributed by atoms with Crippen molar-refractivity contribution in [3.63, 3.8) is 0 Å². The molecule has 0 aliphatic rings. The van der Waals surface area contributed by atoms with Crippen LogP contribution >= 0.6 is 0 Å². The van der Waals surface area contributed by atoms with Crippen molar-refractivity contribution in [2.45, 2.75) is 13.8 Å². The summed E-state index contributed by atoms with van der Waals surface area (Å²) in [4.78, 5) is 9.11. The van der Waals surface area contributed by atoms with E-state index < -0.39 is 0 Å². The van der Waals surface area contributed by atoms with Crippen molar-refractivity contribution in [3.05, 3.63) is 187 Å². The van der Waals surface area contributed by atoms with Gasteiger partial charge in [0.25, 0.3) is 0 Å². The van der Waals surface area contributed by atoms with E-state index in [0.29, 0.717) is 0 Å². The summed E-state index contributed by atoms with van der Waals surface area (Å²) in [5.74, 6) is 0. The lowest BCUT2D eigenvalue weighted by atomic mass is 9.84. The van der Waals surface area contributed by atoms with Crippen molar-refractivity contribution < 1.29 is 0 Å². The highest BCUT2D eigenvalue weighted by Gasteiger charge is 2.19. The number of fused-ring (bicyclic) bond motifs is 3. The lowest BCUT2D eigenvalue weighted by Crippen LogP contribution is -1.94. The first-order chi connectivity index (χ1) is 27.1. The molecule has 0 radical (unpaired) electrons. The smallest absolute Gasteiger partial charge is 0.0717 e. The summed E-state index contributed by atoms with van der Waals surface area (Å²) >= 11 is 0. The molecule has 3 nitrogen and oxygen atoms in total. The fraction of sp³-hybridized carbons (Fsp3) is 0.0385. The molecule has 0 saturated heterocycles. The van der Waals surface area contributed by atoms with Gasteiger partial charge in [-0.1, -0.05) is 109 Å². The third kappa shape index (κ3) is 4.90. The van der Waals surface area contributed by atoms with Gasteiger partial charge in [0, 0.05) is 46.2 Å². The molecule has 3 heteroatoms. The fourth-order valence-electron chi connectivity index (χ4n) is 9.00. The molecule has 55 heavy (non-hydrogen) atoms. The Kier molecular flexibility index (Phi) is 6.99. The lowest BCUT2D eigenvalue weighted by Gasteiger charge is -2.19. The van der Waals surface area contributed by atoms with E-state index >= 15 is 0 Å². The van der Waals surface area contributed by atoms with Gasteiger partial charge in [-0.05, 0) is 134 Å². The number of rotatable bonds is 5. The zero-order valence-corrected chi connectivity index (χ0v) is 30.6. The van der Waals surface area contributed by atoms with Gasteiger partial charge in [0.05, 0.1) is 16.7 Å². The second kappa shape index (κ2) is 12.2. The topological polar surface area (TPSA) is 30.7 Å². The highest BCUT2D eigenvalue weighted by atomic mass is 15.0. The van der Waals surface area contributed by atoms with Crippen molar-refractivity contribution in [2.75, 3.05) is 0 Å². The van der Waals surface area contributed by atoms with Gasteiger partial charge in [-0.15, -0.1) is 0 Å². The number of aromatic nitrogens is 3. The molecule has 8 aromatic carbocycles. The Labute approximate surface area is 319 Å². The van der Waals surface area contributed by atoms with Gasteiger partial charge in [-0.25, -0.2) is 0 Å². The van der Waals surface area contributed by atoms with E-state index in [0.717, 1.165) is 16.8 Å². The second-order valence-corrected chi connectivity index (χ2v) is 14.7. The maximum absolute atomic E-state index is 4.84. The first-order valence-corrected chi connectivity index (χ1v) is 18.9. The molecular weight excluding hydrogens is 667 g/mol. The van der Waals surface area contributed by atoms with E-state index in [4.69, 9.17) is 4.98 Å². The van der Waals surface area contributed by atoms with Crippen LogP contribution in [0.3, 0.4) is 0 Å². The maximum Gasteiger partial charge on any atom is 0.0717 e. The first kappa shape index (κ1) is 31.4. The third-order valence-corrected chi connectivity index (χ3v) is 11.5. The summed E-state index contributed by atoms with van der Waals surface area (Å²) in [6.07, 6.45) is 5.65. The number of hydrogen-bond donors (Lipinski definition) is 0. The van der Waals surface area contributed by atoms with Crippen LogP contribution in [-0.4, -0.2) is 14.5 Å². The van der Waals surface area contributed by atoms with Crippen LogP contribution in [0.25, 0.3) is 104 Å². The lowest BCUT2D eigenvalue weighted by molar-refractivity contribution is 1.18. The van der Waals surface area contributed by atoms with Gasteiger partial charge in [0.15, 0.2) is 0 Å². The van der Waals surface area contributed by atoms with Crippen LogP contribution in [0.1, 0.15) is 11.1 Å². The molecule has 0 aliphatic carbocycles. The molecule has 0 unspecified atom stereocenters. The highest BCUT2D eigenvalue weighted by Crippen LogP contribution is 2.45. The second-order valence-electron chi connectivity index (χ2n) is 14.7. The number of pyridine rings is 2. The predicted molar refractivity (Wildman–Crippen MR) is 231 cm³/mol. The SMILES string of the molecule is Cc1cc(-c2ccc3c(c2)c2ccccc2n3-c2ccccc2)ccc1-c1c(C)cc2ccc3c(-c4ccc(-c5cccnc5)nc4)ccc4ccc1c2c43. The van der Waals surface area contributed by atoms with Gasteiger partial charge in [0.2, 0.25) is 0 Å². The molecule has 11 rings (SSSR count). The van der Waals surface area contributed by atoms with Gasteiger partial charge in [-0.3, -0.25) is 9.97 Å². The Bertz CT molecular complexity index is 3250. The molecule has 0 spiro atoms.